The second kappa shape index (κ2) is 5.91. The largest absolute Gasteiger partial charge is 0.514 e. The first-order valence-electron chi connectivity index (χ1n) is 4.82. The Hall–Kier alpha value is -1.83. The summed E-state index contributed by atoms with van der Waals surface area (Å²) in [5, 5.41) is 11.3. The highest BCUT2D eigenvalue weighted by atomic mass is 16.6. The lowest BCUT2D eigenvalue weighted by atomic mass is 10.1. The first-order chi connectivity index (χ1) is 7.30. The van der Waals surface area contributed by atoms with Gasteiger partial charge in [0.2, 0.25) is 0 Å². The van der Waals surface area contributed by atoms with Crippen LogP contribution in [0.1, 0.15) is 27.2 Å². The van der Waals surface area contributed by atoms with Crippen LogP contribution in [0.4, 0.5) is 4.79 Å². The van der Waals surface area contributed by atoms with Crippen molar-refractivity contribution in [2.24, 2.45) is 5.73 Å². The first-order valence-corrected chi connectivity index (χ1v) is 4.82. The molecule has 0 unspecified atom stereocenters. The molecule has 0 rings (SSSR count). The van der Waals surface area contributed by atoms with E-state index in [1.54, 1.807) is 0 Å². The second-order valence-corrected chi connectivity index (χ2v) is 4.31. The predicted octanol–water partition coefficient (Wildman–Crippen LogP) is 1.26. The fourth-order valence-electron chi connectivity index (χ4n) is 0.883. The number of alkyl carbamates (subject to hydrolysis) is 1. The summed E-state index contributed by atoms with van der Waals surface area (Å²) < 4.78 is 4.97. The van der Waals surface area contributed by atoms with E-state index in [9.17, 15) is 4.79 Å². The van der Waals surface area contributed by atoms with E-state index in [0.717, 1.165) is 0 Å². The van der Waals surface area contributed by atoms with Crippen molar-refractivity contribution in [3.8, 4) is 12.3 Å². The lowest BCUT2D eigenvalue weighted by Crippen LogP contribution is -2.43. The van der Waals surface area contributed by atoms with Gasteiger partial charge in [-0.25, -0.2) is 4.79 Å². The van der Waals surface area contributed by atoms with Crippen molar-refractivity contribution in [3.05, 3.63) is 12.0 Å². The predicted molar refractivity (Wildman–Crippen MR) is 61.5 cm³/mol. The molecule has 0 aromatic rings. The standard InChI is InChI=1S/C11H18N2O3/c1-5-6-9(8(12)7-14)16-10(15)13-11(2,3)4/h1,7,9,14H,6,12H2,2-4H3,(H,13,15)/b8-7-/t9-/m0/s1. The smallest absolute Gasteiger partial charge is 0.408 e. The summed E-state index contributed by atoms with van der Waals surface area (Å²) in [6, 6.07) is 0. The van der Waals surface area contributed by atoms with Gasteiger partial charge in [0.05, 0.1) is 12.1 Å². The van der Waals surface area contributed by atoms with E-state index in [4.69, 9.17) is 22.0 Å². The van der Waals surface area contributed by atoms with Crippen molar-refractivity contribution < 1.29 is 14.6 Å². The number of nitrogens with two attached hydrogens (primary N) is 1. The molecule has 0 bridgehead atoms. The molecule has 0 aromatic heterocycles. The topological polar surface area (TPSA) is 84.6 Å². The molecule has 0 aliphatic rings. The molecule has 4 N–H and O–H groups in total. The van der Waals surface area contributed by atoms with Crippen molar-refractivity contribution in [1.82, 2.24) is 5.32 Å². The summed E-state index contributed by atoms with van der Waals surface area (Å²) in [6.07, 6.45) is 4.45. The molecule has 0 heterocycles. The number of rotatable bonds is 3. The summed E-state index contributed by atoms with van der Waals surface area (Å²) in [4.78, 5) is 11.4. The monoisotopic (exact) mass is 226 g/mol. The van der Waals surface area contributed by atoms with Crippen molar-refractivity contribution in [3.63, 3.8) is 0 Å². The van der Waals surface area contributed by atoms with Crippen LogP contribution in [0, 0.1) is 12.3 Å². The molecular formula is C11H18N2O3. The average Bonchev–Trinajstić information content (AvgIpc) is 2.13. The Kier molecular flexibility index (Phi) is 5.23. The molecule has 0 spiro atoms. The second-order valence-electron chi connectivity index (χ2n) is 4.31. The molecule has 0 saturated carbocycles. The SMILES string of the molecule is C#CC[C@H](OC(=O)NC(C)(C)C)/C(N)=C/O. The van der Waals surface area contributed by atoms with E-state index in [1.165, 1.54) is 0 Å². The number of hydrogen-bond donors (Lipinski definition) is 3. The van der Waals surface area contributed by atoms with Crippen LogP contribution in [-0.4, -0.2) is 22.8 Å². The van der Waals surface area contributed by atoms with Gasteiger partial charge in [0, 0.05) is 5.54 Å². The summed E-state index contributed by atoms with van der Waals surface area (Å²) in [6.45, 7) is 5.45. The third-order valence-corrected chi connectivity index (χ3v) is 1.55. The maximum Gasteiger partial charge on any atom is 0.408 e. The number of aliphatic hydroxyl groups is 1. The minimum Gasteiger partial charge on any atom is -0.514 e. The molecule has 0 aromatic carbocycles. The zero-order valence-electron chi connectivity index (χ0n) is 9.78. The van der Waals surface area contributed by atoms with E-state index in [0.29, 0.717) is 6.26 Å². The Bertz CT molecular complexity index is 310. The third kappa shape index (κ3) is 5.81. The molecule has 5 nitrogen and oxygen atoms in total. The van der Waals surface area contributed by atoms with Gasteiger partial charge in [-0.3, -0.25) is 0 Å². The number of terminal acetylenes is 1. The minimum atomic E-state index is -0.808. The lowest BCUT2D eigenvalue weighted by molar-refractivity contribution is 0.107. The average molecular weight is 226 g/mol. The van der Waals surface area contributed by atoms with Crippen LogP contribution in [0.15, 0.2) is 12.0 Å². The summed E-state index contributed by atoms with van der Waals surface area (Å²) in [5.41, 5.74) is 5.03. The van der Waals surface area contributed by atoms with Crippen LogP contribution in [0.5, 0.6) is 0 Å². The van der Waals surface area contributed by atoms with Crippen LogP contribution in [0.2, 0.25) is 0 Å². The van der Waals surface area contributed by atoms with Gasteiger partial charge in [0.25, 0.3) is 0 Å². The van der Waals surface area contributed by atoms with E-state index >= 15 is 0 Å². The molecule has 16 heavy (non-hydrogen) atoms. The number of ether oxygens (including phenoxy) is 1. The Balaban J connectivity index is 4.43. The zero-order valence-corrected chi connectivity index (χ0v) is 9.78. The van der Waals surface area contributed by atoms with E-state index in [1.807, 2.05) is 20.8 Å². The van der Waals surface area contributed by atoms with Gasteiger partial charge >= 0.3 is 6.09 Å². The van der Waals surface area contributed by atoms with Crippen molar-refractivity contribution in [2.45, 2.75) is 38.8 Å². The van der Waals surface area contributed by atoms with Gasteiger partial charge in [0.1, 0.15) is 6.26 Å². The van der Waals surface area contributed by atoms with Gasteiger partial charge in [0.15, 0.2) is 6.10 Å². The van der Waals surface area contributed by atoms with Gasteiger partial charge < -0.3 is 20.9 Å². The summed E-state index contributed by atoms with van der Waals surface area (Å²) in [7, 11) is 0. The van der Waals surface area contributed by atoms with Crippen LogP contribution in [-0.2, 0) is 4.74 Å². The molecule has 90 valence electrons. The molecule has 0 aliphatic heterocycles. The Morgan fingerprint density at radius 1 is 1.69 bits per heavy atom. The van der Waals surface area contributed by atoms with Crippen molar-refractivity contribution in [2.75, 3.05) is 0 Å². The minimum absolute atomic E-state index is 0.0157. The molecule has 1 atom stereocenters. The van der Waals surface area contributed by atoms with Crippen molar-refractivity contribution in [1.29, 1.82) is 0 Å². The summed E-state index contributed by atoms with van der Waals surface area (Å²) in [5.74, 6) is 2.31. The number of aliphatic hydroxyl groups excluding tert-OH is 1. The number of amides is 1. The van der Waals surface area contributed by atoms with Gasteiger partial charge in [-0.1, -0.05) is 0 Å². The highest BCUT2D eigenvalue weighted by Crippen LogP contribution is 2.07. The van der Waals surface area contributed by atoms with E-state index < -0.39 is 17.7 Å². The van der Waals surface area contributed by atoms with Gasteiger partial charge in [-0.2, -0.15) is 0 Å². The van der Waals surface area contributed by atoms with E-state index in [-0.39, 0.29) is 12.1 Å². The fraction of sp³-hybridized carbons (Fsp3) is 0.545. The number of carbonyl (C=O) groups excluding carboxylic acids is 1. The molecular weight excluding hydrogens is 208 g/mol. The van der Waals surface area contributed by atoms with Crippen LogP contribution < -0.4 is 11.1 Å². The highest BCUT2D eigenvalue weighted by Gasteiger charge is 2.20. The van der Waals surface area contributed by atoms with Gasteiger partial charge in [-0.05, 0) is 20.8 Å². The molecule has 0 aliphatic carbocycles. The van der Waals surface area contributed by atoms with Crippen LogP contribution >= 0.6 is 0 Å². The highest BCUT2D eigenvalue weighted by molar-refractivity contribution is 5.68. The molecule has 5 heteroatoms. The third-order valence-electron chi connectivity index (χ3n) is 1.55. The van der Waals surface area contributed by atoms with Gasteiger partial charge in [-0.15, -0.1) is 12.3 Å². The molecule has 0 saturated heterocycles. The summed E-state index contributed by atoms with van der Waals surface area (Å²) >= 11 is 0. The van der Waals surface area contributed by atoms with Crippen LogP contribution in [0.25, 0.3) is 0 Å². The lowest BCUT2D eigenvalue weighted by Gasteiger charge is -2.22. The van der Waals surface area contributed by atoms with E-state index in [2.05, 4.69) is 11.2 Å². The maximum atomic E-state index is 11.4. The Morgan fingerprint density at radius 2 is 2.25 bits per heavy atom. The number of hydrogen-bond acceptors (Lipinski definition) is 4. The first kappa shape index (κ1) is 14.2. The quantitative estimate of drug-likeness (QED) is 0.499. The zero-order chi connectivity index (χ0) is 12.8. The Morgan fingerprint density at radius 3 is 2.62 bits per heavy atom. The molecule has 0 radical (unpaired) electrons. The Labute approximate surface area is 95.7 Å². The number of nitrogens with one attached hydrogen (secondary N) is 1. The normalized spacial score (nSPS) is 13.8. The van der Waals surface area contributed by atoms with Crippen LogP contribution in [0.3, 0.4) is 0 Å². The van der Waals surface area contributed by atoms with Crippen molar-refractivity contribution >= 4 is 6.09 Å². The maximum absolute atomic E-state index is 11.4. The number of carbonyl (C=O) groups is 1. The molecule has 0 fully saturated rings. The fourth-order valence-corrected chi connectivity index (χ4v) is 0.883. The molecule has 1 amide bonds.